The van der Waals surface area contributed by atoms with Gasteiger partial charge in [0.05, 0.1) is 24.0 Å². The summed E-state index contributed by atoms with van der Waals surface area (Å²) in [7, 11) is 0. The van der Waals surface area contributed by atoms with E-state index in [0.717, 1.165) is 16.9 Å². The first kappa shape index (κ1) is 18.1. The van der Waals surface area contributed by atoms with Gasteiger partial charge >= 0.3 is 0 Å². The lowest BCUT2D eigenvalue weighted by molar-refractivity contribution is 0.0746. The predicted molar refractivity (Wildman–Crippen MR) is 109 cm³/mol. The Balaban J connectivity index is 1.42. The molecule has 3 aromatic rings. The third-order valence-corrected chi connectivity index (χ3v) is 5.30. The Morgan fingerprint density at radius 1 is 1.00 bits per heavy atom. The number of phenolic OH excluding ortho intramolecular Hbond substituents is 1. The minimum absolute atomic E-state index is 0.0220. The van der Waals surface area contributed by atoms with Crippen LogP contribution in [-0.4, -0.2) is 51.9 Å². The third-order valence-electron chi connectivity index (χ3n) is 5.30. The van der Waals surface area contributed by atoms with Gasteiger partial charge in [0.2, 0.25) is 0 Å². The van der Waals surface area contributed by atoms with E-state index in [9.17, 15) is 9.90 Å². The number of hydrogen-bond donors (Lipinski definition) is 1. The molecule has 6 heteroatoms. The summed E-state index contributed by atoms with van der Waals surface area (Å²) < 4.78 is 1.88. The highest BCUT2D eigenvalue weighted by Gasteiger charge is 2.25. The number of phenols is 1. The van der Waals surface area contributed by atoms with Crippen LogP contribution in [0.4, 0.5) is 5.69 Å². The number of carbonyl (C=O) groups excluding carboxylic acids is 1. The number of piperazine rings is 1. The van der Waals surface area contributed by atoms with Crippen molar-refractivity contribution in [1.29, 1.82) is 0 Å². The van der Waals surface area contributed by atoms with Gasteiger partial charge in [0, 0.05) is 31.9 Å². The molecular formula is C22H24N4O2. The molecule has 0 aliphatic carbocycles. The van der Waals surface area contributed by atoms with Crippen molar-refractivity contribution in [1.82, 2.24) is 14.7 Å². The Bertz CT molecular complexity index is 960. The molecule has 2 aromatic carbocycles. The van der Waals surface area contributed by atoms with Crippen molar-refractivity contribution in [3.63, 3.8) is 0 Å². The molecule has 0 bridgehead atoms. The van der Waals surface area contributed by atoms with Crippen molar-refractivity contribution in [3.8, 4) is 5.75 Å². The topological polar surface area (TPSA) is 61.6 Å². The molecule has 0 saturated carbocycles. The number of rotatable bonds is 4. The van der Waals surface area contributed by atoms with Crippen LogP contribution < -0.4 is 4.90 Å². The van der Waals surface area contributed by atoms with Crippen LogP contribution in [0.2, 0.25) is 0 Å². The Hall–Kier alpha value is -3.28. The molecule has 1 N–H and O–H groups in total. The summed E-state index contributed by atoms with van der Waals surface area (Å²) in [5, 5.41) is 14.5. The molecule has 0 radical (unpaired) electrons. The number of aromatic hydroxyl groups is 1. The number of anilines is 1. The van der Waals surface area contributed by atoms with Gasteiger partial charge in [0.1, 0.15) is 5.75 Å². The second kappa shape index (κ2) is 7.76. The average molecular weight is 376 g/mol. The Kier molecular flexibility index (Phi) is 5.02. The molecule has 28 heavy (non-hydrogen) atoms. The van der Waals surface area contributed by atoms with Gasteiger partial charge in [0.15, 0.2) is 0 Å². The fourth-order valence-corrected chi connectivity index (χ4v) is 3.62. The first-order valence-electron chi connectivity index (χ1n) is 9.52. The number of carbonyl (C=O) groups is 1. The van der Waals surface area contributed by atoms with Crippen molar-refractivity contribution in [3.05, 3.63) is 77.6 Å². The number of para-hydroxylation sites is 2. The van der Waals surface area contributed by atoms with E-state index in [2.05, 4.69) is 22.1 Å². The van der Waals surface area contributed by atoms with Crippen LogP contribution in [0, 0.1) is 6.92 Å². The lowest BCUT2D eigenvalue weighted by Gasteiger charge is -2.36. The second-order valence-corrected chi connectivity index (χ2v) is 7.05. The smallest absolute Gasteiger partial charge is 0.257 e. The van der Waals surface area contributed by atoms with Crippen LogP contribution in [-0.2, 0) is 6.54 Å². The molecule has 4 rings (SSSR count). The third kappa shape index (κ3) is 3.58. The van der Waals surface area contributed by atoms with Gasteiger partial charge in [-0.1, -0.05) is 42.5 Å². The maximum atomic E-state index is 13.0. The minimum atomic E-state index is 0.0220. The number of aromatic nitrogens is 2. The summed E-state index contributed by atoms with van der Waals surface area (Å²) in [6, 6.07) is 17.4. The van der Waals surface area contributed by atoms with Gasteiger partial charge in [-0.15, -0.1) is 0 Å². The van der Waals surface area contributed by atoms with Crippen LogP contribution in [0.15, 0.2) is 60.8 Å². The van der Waals surface area contributed by atoms with E-state index < -0.39 is 0 Å². The molecule has 144 valence electrons. The van der Waals surface area contributed by atoms with E-state index in [1.165, 1.54) is 0 Å². The Morgan fingerprint density at radius 3 is 2.39 bits per heavy atom. The normalized spacial score (nSPS) is 14.3. The van der Waals surface area contributed by atoms with E-state index >= 15 is 0 Å². The second-order valence-electron chi connectivity index (χ2n) is 7.05. The fraction of sp³-hybridized carbons (Fsp3) is 0.273. The van der Waals surface area contributed by atoms with E-state index in [0.29, 0.717) is 38.3 Å². The molecular weight excluding hydrogens is 352 g/mol. The molecule has 1 fully saturated rings. The van der Waals surface area contributed by atoms with Crippen molar-refractivity contribution in [2.75, 3.05) is 31.1 Å². The van der Waals surface area contributed by atoms with Gasteiger partial charge in [-0.05, 0) is 24.6 Å². The van der Waals surface area contributed by atoms with Crippen molar-refractivity contribution >= 4 is 11.6 Å². The molecule has 1 aliphatic rings. The first-order chi connectivity index (χ1) is 13.6. The van der Waals surface area contributed by atoms with Gasteiger partial charge in [-0.2, -0.15) is 5.10 Å². The van der Waals surface area contributed by atoms with Crippen LogP contribution in [0.1, 0.15) is 21.6 Å². The molecule has 2 heterocycles. The molecule has 1 aromatic heterocycles. The number of hydrogen-bond acceptors (Lipinski definition) is 4. The van der Waals surface area contributed by atoms with Gasteiger partial charge < -0.3 is 14.9 Å². The Labute approximate surface area is 164 Å². The SMILES string of the molecule is Cc1c(C(=O)N2CCN(c3ccccc3O)CC2)cnn1Cc1ccccc1. The van der Waals surface area contributed by atoms with Crippen LogP contribution in [0.5, 0.6) is 5.75 Å². The molecule has 1 aliphatic heterocycles. The highest BCUT2D eigenvalue weighted by Crippen LogP contribution is 2.27. The number of benzene rings is 2. The zero-order chi connectivity index (χ0) is 19.5. The minimum Gasteiger partial charge on any atom is -0.506 e. The number of amides is 1. The average Bonchev–Trinajstić information content (AvgIpc) is 3.09. The molecule has 6 nitrogen and oxygen atoms in total. The van der Waals surface area contributed by atoms with E-state index in [1.807, 2.05) is 52.9 Å². The zero-order valence-electron chi connectivity index (χ0n) is 16.0. The van der Waals surface area contributed by atoms with Gasteiger partial charge in [0.25, 0.3) is 5.91 Å². The summed E-state index contributed by atoms with van der Waals surface area (Å²) >= 11 is 0. The maximum absolute atomic E-state index is 13.0. The monoisotopic (exact) mass is 376 g/mol. The summed E-state index contributed by atoms with van der Waals surface area (Å²) in [6.07, 6.45) is 1.68. The predicted octanol–water partition coefficient (Wildman–Crippen LogP) is 2.91. The largest absolute Gasteiger partial charge is 0.506 e. The van der Waals surface area contributed by atoms with Crippen molar-refractivity contribution < 1.29 is 9.90 Å². The van der Waals surface area contributed by atoms with Gasteiger partial charge in [-0.25, -0.2) is 0 Å². The number of nitrogens with zero attached hydrogens (tertiary/aromatic N) is 4. The quantitative estimate of drug-likeness (QED) is 0.761. The molecule has 0 atom stereocenters. The van der Waals surface area contributed by atoms with E-state index in [1.54, 1.807) is 12.3 Å². The Morgan fingerprint density at radius 2 is 1.68 bits per heavy atom. The van der Waals surface area contributed by atoms with Crippen molar-refractivity contribution in [2.45, 2.75) is 13.5 Å². The molecule has 0 spiro atoms. The lowest BCUT2D eigenvalue weighted by atomic mass is 10.2. The van der Waals surface area contributed by atoms with Crippen LogP contribution in [0.3, 0.4) is 0 Å². The highest BCUT2D eigenvalue weighted by molar-refractivity contribution is 5.95. The zero-order valence-corrected chi connectivity index (χ0v) is 16.0. The fourth-order valence-electron chi connectivity index (χ4n) is 3.62. The van der Waals surface area contributed by atoms with E-state index in [4.69, 9.17) is 0 Å². The van der Waals surface area contributed by atoms with E-state index in [-0.39, 0.29) is 11.7 Å². The summed E-state index contributed by atoms with van der Waals surface area (Å²) in [5.74, 6) is 0.300. The lowest BCUT2D eigenvalue weighted by Crippen LogP contribution is -2.48. The molecule has 1 saturated heterocycles. The highest BCUT2D eigenvalue weighted by atomic mass is 16.3. The van der Waals surface area contributed by atoms with Crippen LogP contribution >= 0.6 is 0 Å². The first-order valence-corrected chi connectivity index (χ1v) is 9.52. The van der Waals surface area contributed by atoms with Gasteiger partial charge in [-0.3, -0.25) is 9.48 Å². The molecule has 1 amide bonds. The summed E-state index contributed by atoms with van der Waals surface area (Å²) in [5.41, 5.74) is 3.52. The summed E-state index contributed by atoms with van der Waals surface area (Å²) in [4.78, 5) is 17.0. The summed E-state index contributed by atoms with van der Waals surface area (Å²) in [6.45, 7) is 5.23. The molecule has 0 unspecified atom stereocenters. The van der Waals surface area contributed by atoms with Crippen LogP contribution in [0.25, 0.3) is 0 Å². The standard InChI is InChI=1S/C22H24N4O2/c1-17-19(15-23-26(17)16-18-7-3-2-4-8-18)22(28)25-13-11-24(12-14-25)20-9-5-6-10-21(20)27/h2-10,15,27H,11-14,16H2,1H3. The maximum Gasteiger partial charge on any atom is 0.257 e. The van der Waals surface area contributed by atoms with Crippen molar-refractivity contribution in [2.24, 2.45) is 0 Å².